The van der Waals surface area contributed by atoms with Gasteiger partial charge in [-0.3, -0.25) is 0 Å². The summed E-state index contributed by atoms with van der Waals surface area (Å²) in [5, 5.41) is 4.40. The lowest BCUT2D eigenvalue weighted by Crippen LogP contribution is -2.11. The number of nitrogens with zero attached hydrogens (tertiary/aromatic N) is 3. The number of furan rings is 2. The summed E-state index contributed by atoms with van der Waals surface area (Å²) in [6.45, 7) is 0. The highest BCUT2D eigenvalue weighted by atomic mass is 16.3. The Bertz CT molecular complexity index is 3030. The van der Waals surface area contributed by atoms with Crippen molar-refractivity contribution in [3.63, 3.8) is 0 Å². The molecular weight excluding hydrogens is 663 g/mol. The van der Waals surface area contributed by atoms with Crippen LogP contribution in [0.1, 0.15) is 37.1 Å². The predicted octanol–water partition coefficient (Wildman–Crippen LogP) is 13.0. The molecule has 5 heteroatoms. The molecule has 0 unspecified atom stereocenters. The Balaban J connectivity index is 1.09. The first-order chi connectivity index (χ1) is 26.8. The lowest BCUT2D eigenvalue weighted by Gasteiger charge is -2.27. The lowest BCUT2D eigenvalue weighted by atomic mass is 9.77. The minimum atomic E-state index is 0.627. The third-order valence-electron chi connectivity index (χ3n) is 11.0. The summed E-state index contributed by atoms with van der Waals surface area (Å²) >= 11 is 0. The van der Waals surface area contributed by atoms with Gasteiger partial charge in [-0.25, -0.2) is 15.0 Å². The Hall–Kier alpha value is -6.85. The van der Waals surface area contributed by atoms with Crippen molar-refractivity contribution < 1.29 is 8.83 Å². The van der Waals surface area contributed by atoms with Gasteiger partial charge in [-0.2, -0.15) is 0 Å². The van der Waals surface area contributed by atoms with Gasteiger partial charge in [0.2, 0.25) is 0 Å². The van der Waals surface area contributed by atoms with Crippen molar-refractivity contribution in [3.05, 3.63) is 174 Å². The van der Waals surface area contributed by atoms with E-state index in [1.807, 2.05) is 42.5 Å². The fraction of sp³-hybridized carbons (Fsp3) is 0.0816. The van der Waals surface area contributed by atoms with Crippen molar-refractivity contribution in [2.24, 2.45) is 0 Å². The largest absolute Gasteiger partial charge is 0.456 e. The van der Waals surface area contributed by atoms with Gasteiger partial charge in [0.15, 0.2) is 17.5 Å². The molecule has 6 aromatic carbocycles. The molecule has 0 spiro atoms. The first-order valence-electron chi connectivity index (χ1n) is 18.6. The third kappa shape index (κ3) is 4.96. The topological polar surface area (TPSA) is 65.0 Å². The Morgan fingerprint density at radius 1 is 0.370 bits per heavy atom. The van der Waals surface area contributed by atoms with Crippen LogP contribution in [0.2, 0.25) is 0 Å². The molecule has 3 heterocycles. The van der Waals surface area contributed by atoms with E-state index in [0.29, 0.717) is 17.5 Å². The normalized spacial score (nSPS) is 14.5. The highest BCUT2D eigenvalue weighted by Crippen LogP contribution is 2.47. The SMILES string of the molecule is C1=C2C(c3nc(-c4ccc(-c5ccccc5)cc4)nc(-c4cccc5oc6ccccc6c45)n3)=CCCC2=C(c2cccc3oc4ccccc4c23)CC1. The standard InChI is InChI=1S/C49H33N3O2/c1-2-12-30(13-3-1)31-26-28-32(29-27-31)47-50-48(52-49(51-47)40-21-11-25-44-46(40)39-15-5-7-23-42(39)54-44)37-20-9-16-33-34(17-8-18-35(33)37)36-19-10-24-43-45(36)38-14-4-6-22-41(38)53-43/h1-7,10-15,18-29H,8-9,16-17H2. The van der Waals surface area contributed by atoms with Crippen molar-refractivity contribution in [1.29, 1.82) is 0 Å². The molecule has 0 amide bonds. The molecule has 0 N–H and O–H groups in total. The molecule has 5 nitrogen and oxygen atoms in total. The smallest absolute Gasteiger partial charge is 0.164 e. The first kappa shape index (κ1) is 30.7. The second kappa shape index (κ2) is 12.4. The molecule has 11 rings (SSSR count). The number of fused-ring (bicyclic) bond motifs is 7. The number of hydrogen-bond acceptors (Lipinski definition) is 5. The van der Waals surface area contributed by atoms with E-state index in [-0.39, 0.29) is 0 Å². The summed E-state index contributed by atoms with van der Waals surface area (Å²) in [5.74, 6) is 1.95. The van der Waals surface area contributed by atoms with E-state index in [9.17, 15) is 0 Å². The molecule has 0 fully saturated rings. The van der Waals surface area contributed by atoms with Gasteiger partial charge in [0, 0.05) is 38.2 Å². The monoisotopic (exact) mass is 695 g/mol. The highest BCUT2D eigenvalue weighted by Gasteiger charge is 2.28. The Labute approximate surface area is 311 Å². The van der Waals surface area contributed by atoms with Gasteiger partial charge >= 0.3 is 0 Å². The first-order valence-corrected chi connectivity index (χ1v) is 18.6. The van der Waals surface area contributed by atoms with Gasteiger partial charge in [0.05, 0.1) is 0 Å². The Morgan fingerprint density at radius 3 is 1.61 bits per heavy atom. The van der Waals surface area contributed by atoms with Gasteiger partial charge in [0.25, 0.3) is 0 Å². The van der Waals surface area contributed by atoms with Crippen LogP contribution in [0.15, 0.2) is 172 Å². The molecule has 0 saturated heterocycles. The summed E-state index contributed by atoms with van der Waals surface area (Å²) in [4.78, 5) is 15.8. The quantitative estimate of drug-likeness (QED) is 0.179. The number of para-hydroxylation sites is 2. The van der Waals surface area contributed by atoms with E-state index in [4.69, 9.17) is 23.8 Å². The fourth-order valence-corrected chi connectivity index (χ4v) is 8.51. The molecule has 256 valence electrons. The van der Waals surface area contributed by atoms with Crippen LogP contribution in [0.5, 0.6) is 0 Å². The van der Waals surface area contributed by atoms with Gasteiger partial charge in [-0.05, 0) is 83.4 Å². The summed E-state index contributed by atoms with van der Waals surface area (Å²) in [7, 11) is 0. The van der Waals surface area contributed by atoms with Gasteiger partial charge < -0.3 is 8.83 Å². The van der Waals surface area contributed by atoms with Gasteiger partial charge in [0.1, 0.15) is 22.3 Å². The van der Waals surface area contributed by atoms with Gasteiger partial charge in [-0.15, -0.1) is 0 Å². The van der Waals surface area contributed by atoms with Crippen LogP contribution in [0.3, 0.4) is 0 Å². The van der Waals surface area contributed by atoms with E-state index in [1.54, 1.807) is 0 Å². The summed E-state index contributed by atoms with van der Waals surface area (Å²) in [6.07, 6.45) is 8.48. The molecule has 2 aliphatic carbocycles. The number of allylic oxidation sites excluding steroid dienone is 6. The molecule has 9 aromatic rings. The molecular formula is C49H33N3O2. The zero-order chi connectivity index (χ0) is 35.6. The number of rotatable bonds is 5. The molecule has 3 aromatic heterocycles. The maximum atomic E-state index is 6.32. The summed E-state index contributed by atoms with van der Waals surface area (Å²) in [6, 6.07) is 48.1. The van der Waals surface area contributed by atoms with Crippen LogP contribution in [-0.4, -0.2) is 15.0 Å². The maximum Gasteiger partial charge on any atom is 0.164 e. The average Bonchev–Trinajstić information content (AvgIpc) is 3.82. The van der Waals surface area contributed by atoms with Crippen LogP contribution >= 0.6 is 0 Å². The van der Waals surface area contributed by atoms with E-state index in [0.717, 1.165) is 86.4 Å². The van der Waals surface area contributed by atoms with E-state index >= 15 is 0 Å². The second-order valence-corrected chi connectivity index (χ2v) is 14.1. The third-order valence-corrected chi connectivity index (χ3v) is 11.0. The van der Waals surface area contributed by atoms with Crippen molar-refractivity contribution in [2.75, 3.05) is 0 Å². The van der Waals surface area contributed by atoms with Crippen LogP contribution in [0, 0.1) is 0 Å². The van der Waals surface area contributed by atoms with E-state index in [1.165, 1.54) is 33.2 Å². The fourth-order valence-electron chi connectivity index (χ4n) is 8.51. The predicted molar refractivity (Wildman–Crippen MR) is 219 cm³/mol. The molecule has 0 aliphatic heterocycles. The Kier molecular flexibility index (Phi) is 7.05. The van der Waals surface area contributed by atoms with Crippen molar-refractivity contribution >= 4 is 55.0 Å². The average molecular weight is 696 g/mol. The van der Waals surface area contributed by atoms with E-state index < -0.39 is 0 Å². The highest BCUT2D eigenvalue weighted by molar-refractivity contribution is 6.12. The van der Waals surface area contributed by atoms with E-state index in [2.05, 4.69) is 109 Å². The van der Waals surface area contributed by atoms with Crippen LogP contribution in [0.4, 0.5) is 0 Å². The van der Waals surface area contributed by atoms with Crippen LogP contribution in [-0.2, 0) is 0 Å². The number of benzene rings is 6. The van der Waals surface area contributed by atoms with Crippen molar-refractivity contribution in [3.8, 4) is 33.9 Å². The molecule has 0 saturated carbocycles. The van der Waals surface area contributed by atoms with Crippen LogP contribution in [0.25, 0.3) is 88.9 Å². The summed E-state index contributed by atoms with van der Waals surface area (Å²) in [5.41, 5.74) is 14.0. The second-order valence-electron chi connectivity index (χ2n) is 14.1. The summed E-state index contributed by atoms with van der Waals surface area (Å²) < 4.78 is 12.6. The zero-order valence-corrected chi connectivity index (χ0v) is 29.4. The molecule has 54 heavy (non-hydrogen) atoms. The molecule has 0 atom stereocenters. The maximum absolute atomic E-state index is 6.32. The molecule has 0 radical (unpaired) electrons. The number of aromatic nitrogens is 3. The van der Waals surface area contributed by atoms with Crippen molar-refractivity contribution in [1.82, 2.24) is 15.0 Å². The lowest BCUT2D eigenvalue weighted by molar-refractivity contribution is 0.668. The Morgan fingerprint density at radius 2 is 0.889 bits per heavy atom. The van der Waals surface area contributed by atoms with Gasteiger partial charge in [-0.1, -0.05) is 127 Å². The minimum Gasteiger partial charge on any atom is -0.456 e. The molecule has 2 aliphatic rings. The van der Waals surface area contributed by atoms with Crippen molar-refractivity contribution in [2.45, 2.75) is 25.7 Å². The number of hydrogen-bond donors (Lipinski definition) is 0. The van der Waals surface area contributed by atoms with Crippen LogP contribution < -0.4 is 0 Å². The zero-order valence-electron chi connectivity index (χ0n) is 29.4. The minimum absolute atomic E-state index is 0.627. The molecule has 0 bridgehead atoms.